The molecule has 0 aromatic carbocycles. The van der Waals surface area contributed by atoms with Gasteiger partial charge in [-0.15, -0.1) is 0 Å². The van der Waals surface area contributed by atoms with Crippen molar-refractivity contribution in [3.05, 3.63) is 0 Å². The van der Waals surface area contributed by atoms with Crippen molar-refractivity contribution in [3.63, 3.8) is 0 Å². The Hall–Kier alpha value is -0.160. The molecule has 2 heterocycles. The van der Waals surface area contributed by atoms with E-state index in [9.17, 15) is 10.2 Å². The van der Waals surface area contributed by atoms with E-state index >= 15 is 0 Å². The van der Waals surface area contributed by atoms with Gasteiger partial charge < -0.3 is 10.2 Å². The summed E-state index contributed by atoms with van der Waals surface area (Å²) in [5, 5.41) is 22.8. The standard InChI is InChI=1S/C29H50N2O2/c1-28-12-11-22-21(23(28)18-24(27(28)33)30-13-5-3-6-14-30)10-9-20-17-26(32)25(19-29(20,22)2)31-15-7-4-8-16-31/h20-27,32-33H,3-19H2,1-2H3/t20-,21+,22+,23-,24?,25?,26?,27?,28+,29+/m1/s1. The number of rotatable bonds is 2. The number of aliphatic hydroxyl groups is 2. The second kappa shape index (κ2) is 8.75. The topological polar surface area (TPSA) is 46.9 Å². The smallest absolute Gasteiger partial charge is 0.0751 e. The third-order valence-electron chi connectivity index (χ3n) is 12.4. The highest BCUT2D eigenvalue weighted by atomic mass is 16.3. The number of hydrogen-bond donors (Lipinski definition) is 2. The minimum atomic E-state index is -0.138. The molecule has 6 aliphatic rings. The Morgan fingerprint density at radius 1 is 0.667 bits per heavy atom. The van der Waals surface area contributed by atoms with Crippen molar-refractivity contribution in [1.29, 1.82) is 0 Å². The van der Waals surface area contributed by atoms with Crippen LogP contribution in [0.5, 0.6) is 0 Å². The van der Waals surface area contributed by atoms with Gasteiger partial charge in [-0.2, -0.15) is 0 Å². The molecule has 0 radical (unpaired) electrons. The van der Waals surface area contributed by atoms with Gasteiger partial charge in [-0.3, -0.25) is 9.80 Å². The highest BCUT2D eigenvalue weighted by Gasteiger charge is 2.63. The van der Waals surface area contributed by atoms with Gasteiger partial charge in [0, 0.05) is 12.1 Å². The van der Waals surface area contributed by atoms with Crippen molar-refractivity contribution in [2.45, 2.75) is 122 Å². The SMILES string of the molecule is C[C@]12CC(N3CCCCC3)C(O)C[C@H]1CC[C@@H]1[C@H]3CC(N4CCCCC4)C(O)[C@@]3(C)CC[C@@H]12. The van der Waals surface area contributed by atoms with Gasteiger partial charge in [0.05, 0.1) is 12.2 Å². The molecule has 0 amide bonds. The van der Waals surface area contributed by atoms with E-state index in [4.69, 9.17) is 0 Å². The lowest BCUT2D eigenvalue weighted by molar-refractivity contribution is -0.154. The highest BCUT2D eigenvalue weighted by molar-refractivity contribution is 5.14. The van der Waals surface area contributed by atoms with Crippen LogP contribution in [0.2, 0.25) is 0 Å². The van der Waals surface area contributed by atoms with Crippen LogP contribution in [0, 0.1) is 34.5 Å². The average molecular weight is 459 g/mol. The third-order valence-corrected chi connectivity index (χ3v) is 12.4. The zero-order valence-corrected chi connectivity index (χ0v) is 21.4. The molecular weight excluding hydrogens is 408 g/mol. The van der Waals surface area contributed by atoms with Crippen molar-refractivity contribution < 1.29 is 10.2 Å². The molecule has 2 N–H and O–H groups in total. The maximum absolute atomic E-state index is 11.6. The highest BCUT2D eigenvalue weighted by Crippen LogP contribution is 2.66. The summed E-state index contributed by atoms with van der Waals surface area (Å²) in [6, 6.07) is 0.785. The molecule has 10 atom stereocenters. The second-order valence-electron chi connectivity index (χ2n) is 13.7. The Kier molecular flexibility index (Phi) is 6.16. The first kappa shape index (κ1) is 23.3. The summed E-state index contributed by atoms with van der Waals surface area (Å²) in [6.45, 7) is 9.88. The van der Waals surface area contributed by atoms with E-state index in [1.807, 2.05) is 0 Å². The minimum Gasteiger partial charge on any atom is -0.391 e. The van der Waals surface area contributed by atoms with Crippen LogP contribution in [0.3, 0.4) is 0 Å². The van der Waals surface area contributed by atoms with Gasteiger partial charge in [0.2, 0.25) is 0 Å². The minimum absolute atomic E-state index is 0.118. The van der Waals surface area contributed by atoms with E-state index < -0.39 is 0 Å². The molecule has 4 saturated carbocycles. The van der Waals surface area contributed by atoms with E-state index in [1.54, 1.807) is 0 Å². The number of aliphatic hydroxyl groups excluding tert-OH is 2. The Bertz CT molecular complexity index is 704. The quantitative estimate of drug-likeness (QED) is 0.631. The van der Waals surface area contributed by atoms with E-state index in [1.165, 1.54) is 103 Å². The molecule has 0 bridgehead atoms. The summed E-state index contributed by atoms with van der Waals surface area (Å²) in [4.78, 5) is 5.33. The van der Waals surface area contributed by atoms with Crippen molar-refractivity contribution in [1.82, 2.24) is 9.80 Å². The van der Waals surface area contributed by atoms with Crippen molar-refractivity contribution in [2.75, 3.05) is 26.2 Å². The van der Waals surface area contributed by atoms with Crippen LogP contribution in [0.4, 0.5) is 0 Å². The number of piperidine rings is 2. The molecule has 4 heteroatoms. The molecule has 2 aliphatic heterocycles. The molecule has 4 unspecified atom stereocenters. The lowest BCUT2D eigenvalue weighted by Gasteiger charge is -2.62. The molecule has 0 spiro atoms. The summed E-state index contributed by atoms with van der Waals surface area (Å²) in [7, 11) is 0. The van der Waals surface area contributed by atoms with Gasteiger partial charge in [0.1, 0.15) is 0 Å². The van der Waals surface area contributed by atoms with E-state index in [0.29, 0.717) is 29.3 Å². The Morgan fingerprint density at radius 2 is 1.30 bits per heavy atom. The average Bonchev–Trinajstić information content (AvgIpc) is 3.11. The van der Waals surface area contributed by atoms with Gasteiger partial charge in [0.25, 0.3) is 0 Å². The zero-order chi connectivity index (χ0) is 22.8. The van der Waals surface area contributed by atoms with Gasteiger partial charge >= 0.3 is 0 Å². The van der Waals surface area contributed by atoms with Gasteiger partial charge in [-0.05, 0) is 131 Å². The van der Waals surface area contributed by atoms with E-state index in [0.717, 1.165) is 18.3 Å². The Morgan fingerprint density at radius 3 is 1.97 bits per heavy atom. The van der Waals surface area contributed by atoms with Crippen LogP contribution in [-0.2, 0) is 0 Å². The fraction of sp³-hybridized carbons (Fsp3) is 1.00. The summed E-state index contributed by atoms with van der Waals surface area (Å²) in [6.07, 6.45) is 16.4. The molecule has 0 aromatic rings. The molecule has 2 saturated heterocycles. The fourth-order valence-corrected chi connectivity index (χ4v) is 10.5. The molecule has 4 nitrogen and oxygen atoms in total. The van der Waals surface area contributed by atoms with Crippen LogP contribution in [0.15, 0.2) is 0 Å². The first-order valence-electron chi connectivity index (χ1n) is 14.8. The first-order valence-corrected chi connectivity index (χ1v) is 14.8. The summed E-state index contributed by atoms with van der Waals surface area (Å²) in [5.74, 6) is 2.97. The van der Waals surface area contributed by atoms with Crippen molar-refractivity contribution in [2.24, 2.45) is 34.5 Å². The summed E-state index contributed by atoms with van der Waals surface area (Å²) < 4.78 is 0. The summed E-state index contributed by atoms with van der Waals surface area (Å²) in [5.41, 5.74) is 0.493. The lowest BCUT2D eigenvalue weighted by Crippen LogP contribution is -2.60. The molecule has 188 valence electrons. The van der Waals surface area contributed by atoms with Crippen LogP contribution in [0.1, 0.15) is 97.3 Å². The van der Waals surface area contributed by atoms with Crippen LogP contribution >= 0.6 is 0 Å². The predicted octanol–water partition coefficient (Wildman–Crippen LogP) is 4.68. The van der Waals surface area contributed by atoms with Gasteiger partial charge in [0.15, 0.2) is 0 Å². The van der Waals surface area contributed by atoms with E-state index in [-0.39, 0.29) is 17.6 Å². The van der Waals surface area contributed by atoms with Crippen LogP contribution < -0.4 is 0 Å². The molecular formula is C29H50N2O2. The van der Waals surface area contributed by atoms with Gasteiger partial charge in [-0.1, -0.05) is 26.7 Å². The third kappa shape index (κ3) is 3.67. The predicted molar refractivity (Wildman–Crippen MR) is 133 cm³/mol. The van der Waals surface area contributed by atoms with E-state index in [2.05, 4.69) is 23.6 Å². The Labute approximate surface area is 202 Å². The Balaban J connectivity index is 1.24. The van der Waals surface area contributed by atoms with Gasteiger partial charge in [-0.25, -0.2) is 0 Å². The van der Waals surface area contributed by atoms with Crippen LogP contribution in [0.25, 0.3) is 0 Å². The molecule has 33 heavy (non-hydrogen) atoms. The normalized spacial score (nSPS) is 53.8. The maximum Gasteiger partial charge on any atom is 0.0751 e. The number of fused-ring (bicyclic) bond motifs is 5. The van der Waals surface area contributed by atoms with Crippen molar-refractivity contribution >= 4 is 0 Å². The first-order chi connectivity index (χ1) is 15.9. The zero-order valence-electron chi connectivity index (χ0n) is 21.4. The largest absolute Gasteiger partial charge is 0.391 e. The fourth-order valence-electron chi connectivity index (χ4n) is 10.5. The molecule has 6 fully saturated rings. The monoisotopic (exact) mass is 458 g/mol. The van der Waals surface area contributed by atoms with Crippen molar-refractivity contribution in [3.8, 4) is 0 Å². The summed E-state index contributed by atoms with van der Waals surface area (Å²) >= 11 is 0. The number of hydrogen-bond acceptors (Lipinski definition) is 4. The number of likely N-dealkylation sites (tertiary alicyclic amines) is 2. The van der Waals surface area contributed by atoms with Crippen LogP contribution in [-0.4, -0.2) is 70.5 Å². The molecule has 6 rings (SSSR count). The lowest BCUT2D eigenvalue weighted by atomic mass is 9.44. The number of nitrogens with zero attached hydrogens (tertiary/aromatic N) is 2. The molecule has 0 aromatic heterocycles. The second-order valence-corrected chi connectivity index (χ2v) is 13.7. The molecule has 4 aliphatic carbocycles. The maximum atomic E-state index is 11.6.